The van der Waals surface area contributed by atoms with Crippen LogP contribution in [0.1, 0.15) is 36.7 Å². The lowest BCUT2D eigenvalue weighted by Gasteiger charge is -2.05. The summed E-state index contributed by atoms with van der Waals surface area (Å²) in [5, 5.41) is 3.99. The topological polar surface area (TPSA) is 68.3 Å². The van der Waals surface area contributed by atoms with Gasteiger partial charge in [-0.15, -0.1) is 0 Å². The van der Waals surface area contributed by atoms with Gasteiger partial charge in [0.1, 0.15) is 17.0 Å². The van der Waals surface area contributed by atoms with Gasteiger partial charge in [-0.1, -0.05) is 55.2 Å². The predicted octanol–water partition coefficient (Wildman–Crippen LogP) is 9.15. The second kappa shape index (κ2) is 10.3. The van der Waals surface area contributed by atoms with E-state index in [2.05, 4.69) is 24.1 Å². The Kier molecular flexibility index (Phi) is 6.92. The number of rotatable bonds is 6. The molecule has 2 aromatic heterocycles. The Hall–Kier alpha value is -3.80. The van der Waals surface area contributed by atoms with Crippen molar-refractivity contribution in [1.29, 1.82) is 0 Å². The largest absolute Gasteiger partial charge is 0.457 e. The lowest BCUT2D eigenvalue weighted by Crippen LogP contribution is -2.07. The molecule has 1 amide bonds. The molecule has 5 rings (SSSR count). The fourth-order valence-electron chi connectivity index (χ4n) is 3.87. The monoisotopic (exact) mass is 530 g/mol. The third-order valence-electron chi connectivity index (χ3n) is 6.02. The van der Waals surface area contributed by atoms with Crippen molar-refractivity contribution in [2.75, 3.05) is 5.32 Å². The van der Waals surface area contributed by atoms with Crippen LogP contribution in [-0.4, -0.2) is 10.9 Å². The van der Waals surface area contributed by atoms with Crippen molar-refractivity contribution < 1.29 is 13.6 Å². The first-order valence-electron chi connectivity index (χ1n) is 11.8. The normalized spacial score (nSPS) is 11.6. The molecule has 5 nitrogen and oxygen atoms in total. The molecule has 0 aliphatic heterocycles. The van der Waals surface area contributed by atoms with Crippen LogP contribution in [0.25, 0.3) is 40.0 Å². The number of fused-ring (bicyclic) bond motifs is 1. The minimum Gasteiger partial charge on any atom is -0.457 e. The van der Waals surface area contributed by atoms with Crippen molar-refractivity contribution in [3.63, 3.8) is 0 Å². The number of carbonyl (C=O) groups excluding carboxylic acids is 1. The van der Waals surface area contributed by atoms with Crippen molar-refractivity contribution in [1.82, 2.24) is 4.98 Å². The quantitative estimate of drug-likeness (QED) is 0.222. The van der Waals surface area contributed by atoms with Crippen LogP contribution in [-0.2, 0) is 4.79 Å². The summed E-state index contributed by atoms with van der Waals surface area (Å²) in [5.41, 5.74) is 5.65. The molecule has 0 unspecified atom stereocenters. The van der Waals surface area contributed by atoms with Gasteiger partial charge in [0.15, 0.2) is 5.58 Å². The Morgan fingerprint density at radius 1 is 0.946 bits per heavy atom. The fraction of sp³-hybridized carbons (Fsp3) is 0.133. The number of amides is 1. The maximum atomic E-state index is 12.6. The van der Waals surface area contributed by atoms with E-state index in [0.29, 0.717) is 50.2 Å². The highest BCUT2D eigenvalue weighted by molar-refractivity contribution is 6.33. The van der Waals surface area contributed by atoms with E-state index < -0.39 is 0 Å². The van der Waals surface area contributed by atoms with Crippen molar-refractivity contribution >= 4 is 52.0 Å². The van der Waals surface area contributed by atoms with Crippen molar-refractivity contribution in [3.05, 3.63) is 99.7 Å². The Labute approximate surface area is 224 Å². The SMILES string of the molecule is Cc1ccc(-c2ccc(/C=C/C(=O)Nc3ccc(Cl)c(-c4nc5cc(C(C)C)ccc5o4)c3)o2)cc1Cl. The highest BCUT2D eigenvalue weighted by Gasteiger charge is 2.14. The van der Waals surface area contributed by atoms with E-state index in [-0.39, 0.29) is 5.91 Å². The molecule has 1 N–H and O–H groups in total. The lowest BCUT2D eigenvalue weighted by molar-refractivity contribution is -0.111. The molecule has 0 atom stereocenters. The van der Waals surface area contributed by atoms with E-state index in [0.717, 1.165) is 16.6 Å². The zero-order chi connectivity index (χ0) is 26.1. The zero-order valence-corrected chi connectivity index (χ0v) is 22.0. The number of hydrogen-bond acceptors (Lipinski definition) is 4. The van der Waals surface area contributed by atoms with Gasteiger partial charge in [0.05, 0.1) is 10.6 Å². The summed E-state index contributed by atoms with van der Waals surface area (Å²) in [6.45, 7) is 6.20. The van der Waals surface area contributed by atoms with Gasteiger partial charge >= 0.3 is 0 Å². The molecule has 5 aromatic rings. The summed E-state index contributed by atoms with van der Waals surface area (Å²) in [5.74, 6) is 1.68. The van der Waals surface area contributed by atoms with Gasteiger partial charge in [0, 0.05) is 22.3 Å². The van der Waals surface area contributed by atoms with Crippen LogP contribution in [0.3, 0.4) is 0 Å². The van der Waals surface area contributed by atoms with Crippen LogP contribution in [0.5, 0.6) is 0 Å². The second-order valence-electron chi connectivity index (χ2n) is 9.08. The van der Waals surface area contributed by atoms with E-state index in [4.69, 9.17) is 32.0 Å². The van der Waals surface area contributed by atoms with Gasteiger partial charge in [0.2, 0.25) is 11.8 Å². The van der Waals surface area contributed by atoms with Crippen LogP contribution in [0, 0.1) is 6.92 Å². The Bertz CT molecular complexity index is 1650. The lowest BCUT2D eigenvalue weighted by atomic mass is 10.0. The standard InChI is InChI=1S/C30H24Cl2N2O3/c1-17(2)19-6-11-28-26(15-19)34-30(37-28)23-16-21(7-10-24(23)31)33-29(35)13-9-22-8-12-27(36-22)20-5-4-18(3)25(32)14-20/h4-17H,1-3H3,(H,33,35)/b13-9+. The minimum atomic E-state index is -0.316. The fourth-order valence-corrected chi connectivity index (χ4v) is 4.25. The van der Waals surface area contributed by atoms with Crippen molar-refractivity contribution in [3.8, 4) is 22.8 Å². The smallest absolute Gasteiger partial charge is 0.248 e. The molecule has 0 aliphatic carbocycles. The van der Waals surface area contributed by atoms with E-state index in [1.807, 2.05) is 49.4 Å². The average Bonchev–Trinajstić information content (AvgIpc) is 3.52. The Morgan fingerprint density at radius 3 is 2.57 bits per heavy atom. The van der Waals surface area contributed by atoms with Gasteiger partial charge in [-0.05, 0) is 78.6 Å². The molecule has 0 saturated carbocycles. The summed E-state index contributed by atoms with van der Waals surface area (Å²) >= 11 is 12.7. The maximum absolute atomic E-state index is 12.6. The molecule has 0 bridgehead atoms. The van der Waals surface area contributed by atoms with E-state index >= 15 is 0 Å². The van der Waals surface area contributed by atoms with Gasteiger partial charge in [-0.3, -0.25) is 4.79 Å². The summed E-state index contributed by atoms with van der Waals surface area (Å²) < 4.78 is 11.8. The third-order valence-corrected chi connectivity index (χ3v) is 6.76. The maximum Gasteiger partial charge on any atom is 0.248 e. The molecule has 2 heterocycles. The predicted molar refractivity (Wildman–Crippen MR) is 150 cm³/mol. The van der Waals surface area contributed by atoms with Gasteiger partial charge < -0.3 is 14.2 Å². The zero-order valence-electron chi connectivity index (χ0n) is 20.5. The summed E-state index contributed by atoms with van der Waals surface area (Å²) in [4.78, 5) is 17.2. The van der Waals surface area contributed by atoms with Crippen molar-refractivity contribution in [2.24, 2.45) is 0 Å². The molecule has 0 aliphatic rings. The number of carbonyl (C=O) groups is 1. The number of nitrogens with one attached hydrogen (secondary N) is 1. The number of aryl methyl sites for hydroxylation is 1. The summed E-state index contributed by atoms with van der Waals surface area (Å²) in [6, 6.07) is 20.5. The molecule has 0 saturated heterocycles. The molecular weight excluding hydrogens is 507 g/mol. The van der Waals surface area contributed by atoms with Crippen LogP contribution in [0.2, 0.25) is 10.0 Å². The molecular formula is C30H24Cl2N2O3. The van der Waals surface area contributed by atoms with E-state index in [1.165, 1.54) is 11.6 Å². The first-order valence-corrected chi connectivity index (χ1v) is 12.6. The summed E-state index contributed by atoms with van der Waals surface area (Å²) in [6.07, 6.45) is 3.02. The van der Waals surface area contributed by atoms with E-state index in [9.17, 15) is 4.79 Å². The molecule has 37 heavy (non-hydrogen) atoms. The number of oxazole rings is 1. The Balaban J connectivity index is 1.31. The average molecular weight is 531 g/mol. The molecule has 186 valence electrons. The Morgan fingerprint density at radius 2 is 1.78 bits per heavy atom. The number of benzene rings is 3. The number of anilines is 1. The highest BCUT2D eigenvalue weighted by atomic mass is 35.5. The molecule has 0 spiro atoms. The first-order chi connectivity index (χ1) is 17.8. The number of nitrogens with zero attached hydrogens (tertiary/aromatic N) is 1. The van der Waals surface area contributed by atoms with Crippen molar-refractivity contribution in [2.45, 2.75) is 26.7 Å². The molecule has 0 fully saturated rings. The van der Waals surface area contributed by atoms with E-state index in [1.54, 1.807) is 30.3 Å². The highest BCUT2D eigenvalue weighted by Crippen LogP contribution is 2.33. The molecule has 7 heteroatoms. The van der Waals surface area contributed by atoms with Crippen LogP contribution in [0.4, 0.5) is 5.69 Å². The van der Waals surface area contributed by atoms with Crippen LogP contribution in [0.15, 0.2) is 81.6 Å². The van der Waals surface area contributed by atoms with Crippen LogP contribution >= 0.6 is 23.2 Å². The number of furan rings is 1. The number of halogens is 2. The molecule has 3 aromatic carbocycles. The second-order valence-corrected chi connectivity index (χ2v) is 9.90. The molecule has 0 radical (unpaired) electrons. The first kappa shape index (κ1) is 24.9. The minimum absolute atomic E-state index is 0.316. The van der Waals surface area contributed by atoms with Gasteiger partial charge in [-0.25, -0.2) is 4.98 Å². The number of aromatic nitrogens is 1. The van der Waals surface area contributed by atoms with Gasteiger partial charge in [0.25, 0.3) is 0 Å². The summed E-state index contributed by atoms with van der Waals surface area (Å²) in [7, 11) is 0. The van der Waals surface area contributed by atoms with Crippen LogP contribution < -0.4 is 5.32 Å². The number of hydrogen-bond donors (Lipinski definition) is 1. The third kappa shape index (κ3) is 5.48. The van der Waals surface area contributed by atoms with Gasteiger partial charge in [-0.2, -0.15) is 0 Å².